The van der Waals surface area contributed by atoms with E-state index in [4.69, 9.17) is 5.73 Å². The van der Waals surface area contributed by atoms with Gasteiger partial charge in [-0.05, 0) is 68.7 Å². The minimum Gasteiger partial charge on any atom is -0.395 e. The summed E-state index contributed by atoms with van der Waals surface area (Å²) < 4.78 is 0. The summed E-state index contributed by atoms with van der Waals surface area (Å²) in [6.07, 6.45) is 5.51. The van der Waals surface area contributed by atoms with Crippen molar-refractivity contribution in [3.05, 3.63) is 59.9 Å². The van der Waals surface area contributed by atoms with Crippen LogP contribution in [0.15, 0.2) is 48.7 Å². The van der Waals surface area contributed by atoms with Gasteiger partial charge in [0, 0.05) is 42.8 Å². The molecule has 1 saturated carbocycles. The van der Waals surface area contributed by atoms with Crippen molar-refractivity contribution in [2.45, 2.75) is 50.7 Å². The largest absolute Gasteiger partial charge is 0.395 e. The van der Waals surface area contributed by atoms with Gasteiger partial charge in [-0.2, -0.15) is 0 Å². The lowest BCUT2D eigenvalue weighted by Gasteiger charge is -2.32. The number of nitrogens with zero attached hydrogens (tertiary/aromatic N) is 2. The predicted octanol–water partition coefficient (Wildman–Crippen LogP) is 2.72. The number of aliphatic hydroxyl groups excluding tert-OH is 1. The Bertz CT molecular complexity index is 1080. The van der Waals surface area contributed by atoms with Gasteiger partial charge in [-0.3, -0.25) is 9.69 Å². The molecular weight excluding hydrogens is 442 g/mol. The van der Waals surface area contributed by atoms with Gasteiger partial charge >= 0.3 is 0 Å². The summed E-state index contributed by atoms with van der Waals surface area (Å²) >= 11 is 0. The summed E-state index contributed by atoms with van der Waals surface area (Å²) in [4.78, 5) is 22.2. The fraction of sp³-hybridized carbons (Fsp3) is 0.481. The summed E-state index contributed by atoms with van der Waals surface area (Å²) in [5.41, 5.74) is 7.53. The second kappa shape index (κ2) is 11.2. The molecule has 3 atom stereocenters. The van der Waals surface area contributed by atoms with Crippen molar-refractivity contribution in [3.63, 3.8) is 0 Å². The van der Waals surface area contributed by atoms with E-state index in [9.17, 15) is 15.0 Å². The monoisotopic (exact) mass is 479 g/mol. The Balaban J connectivity index is 1.25. The molecule has 3 aromatic rings. The molecule has 0 radical (unpaired) electrons. The molecular formula is C27H37N5O3. The molecule has 8 nitrogen and oxygen atoms in total. The number of H-pyrrole nitrogens is 1. The number of rotatable bonds is 11. The molecule has 8 heteroatoms. The Morgan fingerprint density at radius 1 is 1.31 bits per heavy atom. The number of hydrogen-bond acceptors (Lipinski definition) is 6. The number of carbonyl (C=O) groups is 1. The summed E-state index contributed by atoms with van der Waals surface area (Å²) in [6, 6.07) is 13.5. The van der Waals surface area contributed by atoms with Crippen LogP contribution in [0, 0.1) is 5.92 Å². The van der Waals surface area contributed by atoms with Crippen LogP contribution in [0.4, 0.5) is 5.82 Å². The van der Waals surface area contributed by atoms with Gasteiger partial charge in [0.2, 0.25) is 0 Å². The molecule has 0 saturated heterocycles. The lowest BCUT2D eigenvalue weighted by molar-refractivity contribution is 0.0166. The molecule has 2 heterocycles. The molecule has 1 unspecified atom stereocenters. The zero-order chi connectivity index (χ0) is 24.8. The number of aromatic nitrogens is 2. The third-order valence-corrected chi connectivity index (χ3v) is 7.30. The number of nitrogens with one attached hydrogen (secondary N) is 2. The fourth-order valence-corrected chi connectivity index (χ4v) is 5.02. The molecule has 4 rings (SSSR count). The highest BCUT2D eigenvalue weighted by atomic mass is 16.3. The lowest BCUT2D eigenvalue weighted by Crippen LogP contribution is -2.41. The summed E-state index contributed by atoms with van der Waals surface area (Å²) in [6.45, 7) is 4.10. The van der Waals surface area contributed by atoms with Crippen molar-refractivity contribution in [1.82, 2.24) is 20.2 Å². The second-order valence-electron chi connectivity index (χ2n) is 9.97. The van der Waals surface area contributed by atoms with Gasteiger partial charge in [-0.15, -0.1) is 0 Å². The number of pyridine rings is 1. The standard InChI is InChI=1S/C27H37N5O3/c1-19(18-33)32(12-9-20-6-7-25(28)29-16-20)13-11-27(35)10-8-21(15-27)17-30-26(34)24-14-22-4-2-3-5-23(22)31-24/h2-7,14,16,19,21,31,33,35H,8-13,15,17-18H2,1H3,(H2,28,29)(H,30,34)/t19-,21-,27?/m0/s1. The third kappa shape index (κ3) is 6.60. The van der Waals surface area contributed by atoms with Crippen molar-refractivity contribution in [3.8, 4) is 0 Å². The number of nitrogens with two attached hydrogens (primary N) is 1. The van der Waals surface area contributed by atoms with Crippen LogP contribution in [-0.2, 0) is 6.42 Å². The predicted molar refractivity (Wildman–Crippen MR) is 138 cm³/mol. The maximum absolute atomic E-state index is 12.6. The minimum atomic E-state index is -0.743. The zero-order valence-corrected chi connectivity index (χ0v) is 20.4. The number of anilines is 1. The summed E-state index contributed by atoms with van der Waals surface area (Å²) in [5.74, 6) is 0.638. The quantitative estimate of drug-likeness (QED) is 0.288. The van der Waals surface area contributed by atoms with E-state index in [2.05, 4.69) is 20.2 Å². The van der Waals surface area contributed by atoms with Crippen molar-refractivity contribution >= 4 is 22.6 Å². The van der Waals surface area contributed by atoms with Gasteiger partial charge in [-0.1, -0.05) is 24.3 Å². The Morgan fingerprint density at radius 3 is 2.89 bits per heavy atom. The molecule has 1 aromatic carbocycles. The normalized spacial score (nSPS) is 21.0. The highest BCUT2D eigenvalue weighted by Gasteiger charge is 2.37. The van der Waals surface area contributed by atoms with E-state index >= 15 is 0 Å². The molecule has 0 spiro atoms. The van der Waals surface area contributed by atoms with Crippen molar-refractivity contribution < 1.29 is 15.0 Å². The summed E-state index contributed by atoms with van der Waals surface area (Å²) in [5, 5.41) is 25.0. The Kier molecular flexibility index (Phi) is 8.05. The number of aliphatic hydroxyl groups is 2. The Labute approximate surface area is 206 Å². The molecule has 0 aliphatic heterocycles. The van der Waals surface area contributed by atoms with E-state index in [1.54, 1.807) is 12.3 Å². The molecule has 1 amide bonds. The van der Waals surface area contributed by atoms with Gasteiger partial charge < -0.3 is 26.2 Å². The van der Waals surface area contributed by atoms with E-state index in [1.165, 1.54) is 0 Å². The molecule has 188 valence electrons. The first-order chi connectivity index (χ1) is 16.8. The van der Waals surface area contributed by atoms with Gasteiger partial charge in [0.1, 0.15) is 11.5 Å². The van der Waals surface area contributed by atoms with Gasteiger partial charge in [0.15, 0.2) is 0 Å². The van der Waals surface area contributed by atoms with Crippen molar-refractivity contribution in [2.75, 3.05) is 32.0 Å². The van der Waals surface area contributed by atoms with Crippen LogP contribution < -0.4 is 11.1 Å². The maximum Gasteiger partial charge on any atom is 0.267 e. The first kappa shape index (κ1) is 25.2. The van der Waals surface area contributed by atoms with Gasteiger partial charge in [0.05, 0.1) is 12.2 Å². The Morgan fingerprint density at radius 2 is 2.14 bits per heavy atom. The second-order valence-corrected chi connectivity index (χ2v) is 9.97. The topological polar surface area (TPSA) is 128 Å². The van der Waals surface area contributed by atoms with Crippen LogP contribution in [0.5, 0.6) is 0 Å². The molecule has 1 fully saturated rings. The lowest BCUT2D eigenvalue weighted by atomic mass is 9.95. The molecule has 6 N–H and O–H groups in total. The molecule has 2 aromatic heterocycles. The van der Waals surface area contributed by atoms with Gasteiger partial charge in [0.25, 0.3) is 5.91 Å². The van der Waals surface area contributed by atoms with Crippen LogP contribution >= 0.6 is 0 Å². The number of para-hydroxylation sites is 1. The van der Waals surface area contributed by atoms with E-state index in [-0.39, 0.29) is 24.5 Å². The average molecular weight is 480 g/mol. The number of nitrogen functional groups attached to an aromatic ring is 1. The van der Waals surface area contributed by atoms with Crippen LogP contribution in [0.25, 0.3) is 10.9 Å². The zero-order valence-electron chi connectivity index (χ0n) is 20.4. The summed E-state index contributed by atoms with van der Waals surface area (Å²) in [7, 11) is 0. The molecule has 1 aliphatic carbocycles. The molecule has 1 aliphatic rings. The highest BCUT2D eigenvalue weighted by Crippen LogP contribution is 2.37. The van der Waals surface area contributed by atoms with E-state index in [1.807, 2.05) is 43.3 Å². The number of benzene rings is 1. The number of amides is 1. The van der Waals surface area contributed by atoms with Crippen LogP contribution in [-0.4, -0.2) is 68.9 Å². The fourth-order valence-electron chi connectivity index (χ4n) is 5.02. The molecule has 35 heavy (non-hydrogen) atoms. The maximum atomic E-state index is 12.6. The number of fused-ring (bicyclic) bond motifs is 1. The number of carbonyl (C=O) groups excluding carboxylic acids is 1. The molecule has 0 bridgehead atoms. The number of aromatic amines is 1. The Hall–Kier alpha value is -2.94. The highest BCUT2D eigenvalue weighted by molar-refractivity contribution is 5.97. The third-order valence-electron chi connectivity index (χ3n) is 7.30. The number of hydrogen-bond donors (Lipinski definition) is 5. The first-order valence-corrected chi connectivity index (χ1v) is 12.5. The van der Waals surface area contributed by atoms with Crippen molar-refractivity contribution in [2.24, 2.45) is 5.92 Å². The van der Waals surface area contributed by atoms with E-state index < -0.39 is 5.60 Å². The first-order valence-electron chi connectivity index (χ1n) is 12.5. The van der Waals surface area contributed by atoms with Crippen molar-refractivity contribution in [1.29, 1.82) is 0 Å². The SMILES string of the molecule is C[C@@H](CO)N(CCc1ccc(N)nc1)CCC1(O)CC[C@H](CNC(=O)c2cc3ccccc3[nH]2)C1. The average Bonchev–Trinajstić information content (AvgIpc) is 3.47. The minimum absolute atomic E-state index is 0.00754. The van der Waals surface area contributed by atoms with Gasteiger partial charge in [-0.25, -0.2) is 4.98 Å². The van der Waals surface area contributed by atoms with Crippen LogP contribution in [0.1, 0.15) is 48.7 Å². The smallest absolute Gasteiger partial charge is 0.267 e. The van der Waals surface area contributed by atoms with E-state index in [0.29, 0.717) is 37.4 Å². The van der Waals surface area contributed by atoms with Crippen LogP contribution in [0.2, 0.25) is 0 Å². The van der Waals surface area contributed by atoms with Crippen LogP contribution in [0.3, 0.4) is 0 Å². The van der Waals surface area contributed by atoms with E-state index in [0.717, 1.165) is 42.3 Å².